The Morgan fingerprint density at radius 3 is 2.78 bits per heavy atom. The number of thiophene rings is 1. The first kappa shape index (κ1) is 13.9. The monoisotopic (exact) mass is 303 g/mol. The smallest absolute Gasteiger partial charge is 0.0847 e. The van der Waals surface area contributed by atoms with E-state index >= 15 is 0 Å². The van der Waals surface area contributed by atoms with Crippen LogP contribution in [0.25, 0.3) is 0 Å². The molecule has 2 rings (SSSR count). The third kappa shape index (κ3) is 2.43. The summed E-state index contributed by atoms with van der Waals surface area (Å²) in [5.41, 5.74) is 8.17. The molecule has 0 spiro atoms. The van der Waals surface area contributed by atoms with Gasteiger partial charge >= 0.3 is 0 Å². The van der Waals surface area contributed by atoms with Crippen LogP contribution in [0.15, 0.2) is 11.6 Å². The highest BCUT2D eigenvalue weighted by atomic mass is 35.5. The summed E-state index contributed by atoms with van der Waals surface area (Å²) < 4.78 is 1.86. The van der Waals surface area contributed by atoms with Crippen molar-refractivity contribution in [3.05, 3.63) is 37.8 Å². The zero-order valence-electron chi connectivity index (χ0n) is 10.3. The molecular weight excluding hydrogens is 289 g/mol. The summed E-state index contributed by atoms with van der Waals surface area (Å²) in [6.45, 7) is 4.87. The van der Waals surface area contributed by atoms with Crippen LogP contribution in [0.4, 0.5) is 0 Å². The van der Waals surface area contributed by atoms with Crippen molar-refractivity contribution in [3.8, 4) is 0 Å². The van der Waals surface area contributed by atoms with Crippen molar-refractivity contribution in [2.24, 2.45) is 5.73 Å². The molecule has 2 heterocycles. The summed E-state index contributed by atoms with van der Waals surface area (Å²) in [6, 6.07) is -0.322. The molecule has 0 amide bonds. The standard InChI is InChI=1S/C12H15Cl2N3S/c1-3-4-17-11(8(13)5-16-17)10(15)12-9(14)7(2)6-18-12/h5-6,10H,3-4,15H2,1-2H3. The number of nitrogens with two attached hydrogens (primary N) is 1. The first-order valence-corrected chi connectivity index (χ1v) is 7.40. The van der Waals surface area contributed by atoms with E-state index in [-0.39, 0.29) is 6.04 Å². The molecular formula is C12H15Cl2N3S. The Morgan fingerprint density at radius 1 is 1.50 bits per heavy atom. The molecule has 0 radical (unpaired) electrons. The van der Waals surface area contributed by atoms with Gasteiger partial charge in [-0.05, 0) is 24.3 Å². The number of rotatable bonds is 4. The zero-order valence-corrected chi connectivity index (χ0v) is 12.6. The summed E-state index contributed by atoms with van der Waals surface area (Å²) in [7, 11) is 0. The lowest BCUT2D eigenvalue weighted by Crippen LogP contribution is -2.17. The van der Waals surface area contributed by atoms with Crippen molar-refractivity contribution in [1.29, 1.82) is 0 Å². The third-order valence-corrected chi connectivity index (χ3v) is 4.86. The maximum absolute atomic E-state index is 6.29. The van der Waals surface area contributed by atoms with Gasteiger partial charge < -0.3 is 5.73 Å². The summed E-state index contributed by atoms with van der Waals surface area (Å²) in [5, 5.41) is 7.59. The first-order chi connectivity index (χ1) is 8.56. The predicted octanol–water partition coefficient (Wildman–Crippen LogP) is 4.02. The fourth-order valence-corrected chi connectivity index (χ4v) is 3.43. The molecule has 2 aromatic heterocycles. The molecule has 6 heteroatoms. The van der Waals surface area contributed by atoms with E-state index in [1.165, 1.54) is 0 Å². The maximum Gasteiger partial charge on any atom is 0.0847 e. The van der Waals surface area contributed by atoms with Gasteiger partial charge in [0.05, 0.1) is 28.0 Å². The normalized spacial score (nSPS) is 12.9. The van der Waals surface area contributed by atoms with Crippen molar-refractivity contribution in [2.45, 2.75) is 32.9 Å². The number of aromatic nitrogens is 2. The summed E-state index contributed by atoms with van der Waals surface area (Å²) >= 11 is 14.0. The Kier molecular flexibility index (Phi) is 4.33. The second kappa shape index (κ2) is 5.61. The number of hydrogen-bond acceptors (Lipinski definition) is 3. The maximum atomic E-state index is 6.29. The Morgan fingerprint density at radius 2 is 2.22 bits per heavy atom. The van der Waals surface area contributed by atoms with Gasteiger partial charge in [-0.3, -0.25) is 4.68 Å². The predicted molar refractivity (Wildman–Crippen MR) is 77.6 cm³/mol. The molecule has 0 aromatic carbocycles. The highest BCUT2D eigenvalue weighted by Crippen LogP contribution is 2.36. The van der Waals surface area contributed by atoms with Crippen LogP contribution in [0, 0.1) is 6.92 Å². The summed E-state index contributed by atoms with van der Waals surface area (Å²) in [6.07, 6.45) is 2.62. The quantitative estimate of drug-likeness (QED) is 0.927. The molecule has 1 unspecified atom stereocenters. The van der Waals surface area contributed by atoms with Gasteiger partial charge in [-0.15, -0.1) is 11.3 Å². The van der Waals surface area contributed by atoms with Crippen LogP contribution in [0.2, 0.25) is 10.0 Å². The van der Waals surface area contributed by atoms with Gasteiger partial charge in [0.15, 0.2) is 0 Å². The van der Waals surface area contributed by atoms with Crippen molar-refractivity contribution in [1.82, 2.24) is 9.78 Å². The van der Waals surface area contributed by atoms with Crippen molar-refractivity contribution in [3.63, 3.8) is 0 Å². The van der Waals surface area contributed by atoms with Crippen LogP contribution in [0.5, 0.6) is 0 Å². The fourth-order valence-electron chi connectivity index (χ4n) is 1.85. The number of halogens is 2. The molecule has 0 fully saturated rings. The first-order valence-electron chi connectivity index (χ1n) is 5.76. The molecule has 0 aliphatic rings. The Balaban J connectivity index is 2.42. The van der Waals surface area contributed by atoms with E-state index in [2.05, 4.69) is 12.0 Å². The number of hydrogen-bond donors (Lipinski definition) is 1. The molecule has 2 N–H and O–H groups in total. The minimum absolute atomic E-state index is 0.322. The Bertz CT molecular complexity index is 548. The largest absolute Gasteiger partial charge is 0.318 e. The van der Waals surface area contributed by atoms with E-state index in [9.17, 15) is 0 Å². The van der Waals surface area contributed by atoms with Crippen molar-refractivity contribution < 1.29 is 0 Å². The van der Waals surface area contributed by atoms with E-state index in [4.69, 9.17) is 28.9 Å². The summed E-state index contributed by atoms with van der Waals surface area (Å²) in [4.78, 5) is 0.939. The minimum atomic E-state index is -0.322. The highest BCUT2D eigenvalue weighted by molar-refractivity contribution is 7.10. The average Bonchev–Trinajstić information content (AvgIpc) is 2.85. The van der Waals surface area contributed by atoms with Crippen LogP contribution in [0.3, 0.4) is 0 Å². The lowest BCUT2D eigenvalue weighted by Gasteiger charge is -2.14. The molecule has 0 aliphatic carbocycles. The fraction of sp³-hybridized carbons (Fsp3) is 0.417. The number of aryl methyl sites for hydroxylation is 2. The highest BCUT2D eigenvalue weighted by Gasteiger charge is 2.22. The third-order valence-electron chi connectivity index (χ3n) is 2.77. The van der Waals surface area contributed by atoms with Gasteiger partial charge in [0, 0.05) is 11.4 Å². The lowest BCUT2D eigenvalue weighted by molar-refractivity contribution is 0.561. The molecule has 3 nitrogen and oxygen atoms in total. The van der Waals surface area contributed by atoms with Crippen LogP contribution in [-0.4, -0.2) is 9.78 Å². The van der Waals surface area contributed by atoms with E-state index < -0.39 is 0 Å². The molecule has 1 atom stereocenters. The van der Waals surface area contributed by atoms with Crippen LogP contribution >= 0.6 is 34.5 Å². The average molecular weight is 304 g/mol. The molecule has 0 saturated heterocycles. The van der Waals surface area contributed by atoms with Gasteiger partial charge in [-0.2, -0.15) is 5.10 Å². The van der Waals surface area contributed by atoms with Crippen LogP contribution in [0.1, 0.15) is 35.5 Å². The Labute approximate surface area is 121 Å². The van der Waals surface area contributed by atoms with E-state index in [1.807, 2.05) is 17.0 Å². The van der Waals surface area contributed by atoms with Gasteiger partial charge in [0.25, 0.3) is 0 Å². The molecule has 0 bridgehead atoms. The van der Waals surface area contributed by atoms with Crippen LogP contribution in [-0.2, 0) is 6.54 Å². The van der Waals surface area contributed by atoms with E-state index in [0.29, 0.717) is 5.02 Å². The SMILES string of the molecule is CCCn1ncc(Cl)c1C(N)c1scc(C)c1Cl. The van der Waals surface area contributed by atoms with E-state index in [0.717, 1.165) is 34.1 Å². The molecule has 0 saturated carbocycles. The molecule has 0 aliphatic heterocycles. The van der Waals surface area contributed by atoms with Gasteiger partial charge in [-0.25, -0.2) is 0 Å². The van der Waals surface area contributed by atoms with E-state index in [1.54, 1.807) is 17.5 Å². The van der Waals surface area contributed by atoms with Gasteiger partial charge in [0.1, 0.15) is 0 Å². The lowest BCUT2D eigenvalue weighted by atomic mass is 10.1. The molecule has 98 valence electrons. The van der Waals surface area contributed by atoms with Gasteiger partial charge in [-0.1, -0.05) is 30.1 Å². The van der Waals surface area contributed by atoms with Gasteiger partial charge in [0.2, 0.25) is 0 Å². The molecule has 18 heavy (non-hydrogen) atoms. The summed E-state index contributed by atoms with van der Waals surface area (Å²) in [5.74, 6) is 0. The van der Waals surface area contributed by atoms with Crippen molar-refractivity contribution in [2.75, 3.05) is 0 Å². The zero-order chi connectivity index (χ0) is 13.3. The Hall–Kier alpha value is -0.550. The van der Waals surface area contributed by atoms with Crippen molar-refractivity contribution >= 4 is 34.5 Å². The topological polar surface area (TPSA) is 43.8 Å². The minimum Gasteiger partial charge on any atom is -0.318 e. The molecule has 2 aromatic rings. The van der Waals surface area contributed by atoms with Crippen LogP contribution < -0.4 is 5.73 Å². The second-order valence-corrected chi connectivity index (χ2v) is 5.87. The number of nitrogens with zero attached hydrogens (tertiary/aromatic N) is 2. The second-order valence-electron chi connectivity index (χ2n) is 4.18.